The van der Waals surface area contributed by atoms with Crippen LogP contribution >= 0.6 is 0 Å². The average Bonchev–Trinajstić information content (AvgIpc) is 2.15. The predicted molar refractivity (Wildman–Crippen MR) is 53.5 cm³/mol. The lowest BCUT2D eigenvalue weighted by Gasteiger charge is -2.19. The predicted octanol–water partition coefficient (Wildman–Crippen LogP) is -2.05. The summed E-state index contributed by atoms with van der Waals surface area (Å²) in [7, 11) is 1.30. The van der Waals surface area contributed by atoms with Crippen molar-refractivity contribution in [2.24, 2.45) is 5.73 Å². The Kier molecular flexibility index (Phi) is 5.86. The van der Waals surface area contributed by atoms with Crippen LogP contribution in [0.15, 0.2) is 0 Å². The number of nitrogens with two attached hydrogens (primary N) is 1. The molecule has 5 N–H and O–H groups in total. The third-order valence-corrected chi connectivity index (χ3v) is 1.75. The molecule has 0 aliphatic heterocycles. The molecule has 0 aromatic carbocycles. The van der Waals surface area contributed by atoms with Crippen molar-refractivity contribution in [2.75, 3.05) is 20.2 Å². The van der Waals surface area contributed by atoms with Crippen molar-refractivity contribution in [3.05, 3.63) is 0 Å². The molecule has 0 aromatic rings. The first-order valence-corrected chi connectivity index (χ1v) is 4.52. The topological polar surface area (TPSA) is 133 Å². The summed E-state index contributed by atoms with van der Waals surface area (Å²) in [6, 6.07) is -1.92. The maximum atomic E-state index is 11.3. The van der Waals surface area contributed by atoms with Gasteiger partial charge in [-0.05, 0) is 0 Å². The van der Waals surface area contributed by atoms with Gasteiger partial charge in [-0.15, -0.1) is 0 Å². The molecule has 0 saturated heterocycles. The highest BCUT2D eigenvalue weighted by atomic mass is 16.4. The quantitative estimate of drug-likeness (QED) is 0.419. The number of carboxylic acids is 1. The number of likely N-dealkylation sites (N-methyl/N-ethyl adjacent to an activating group) is 1. The van der Waals surface area contributed by atoms with Crippen LogP contribution in [0, 0.1) is 0 Å². The van der Waals surface area contributed by atoms with Crippen molar-refractivity contribution >= 4 is 17.9 Å². The summed E-state index contributed by atoms with van der Waals surface area (Å²) in [5, 5.41) is 19.4. The Morgan fingerprint density at radius 2 is 2.00 bits per heavy atom. The summed E-state index contributed by atoms with van der Waals surface area (Å²) >= 11 is 0. The molecule has 3 amide bonds. The number of carboxylic acid groups (broad SMARTS) is 1. The number of nitrogens with zero attached hydrogens (tertiary/aromatic N) is 1. The van der Waals surface area contributed by atoms with E-state index in [-0.39, 0.29) is 19.6 Å². The SMILES string of the molecule is CN(CC(N)=O)C(=O)NC(CCO)C(=O)O. The van der Waals surface area contributed by atoms with Gasteiger partial charge in [-0.1, -0.05) is 0 Å². The summed E-state index contributed by atoms with van der Waals surface area (Å²) in [5.41, 5.74) is 4.86. The van der Waals surface area contributed by atoms with Crippen molar-refractivity contribution in [3.63, 3.8) is 0 Å². The van der Waals surface area contributed by atoms with Crippen molar-refractivity contribution < 1.29 is 24.6 Å². The molecule has 0 fully saturated rings. The van der Waals surface area contributed by atoms with Gasteiger partial charge in [0.25, 0.3) is 0 Å². The summed E-state index contributed by atoms with van der Waals surface area (Å²) in [6.45, 7) is -0.673. The van der Waals surface area contributed by atoms with Gasteiger partial charge >= 0.3 is 12.0 Å². The Bertz CT molecular complexity index is 281. The van der Waals surface area contributed by atoms with E-state index in [1.54, 1.807) is 0 Å². The molecule has 0 spiro atoms. The number of amides is 3. The molecule has 0 bridgehead atoms. The first-order valence-electron chi connectivity index (χ1n) is 4.52. The molecular weight excluding hydrogens is 218 g/mol. The lowest BCUT2D eigenvalue weighted by atomic mass is 10.2. The lowest BCUT2D eigenvalue weighted by Crippen LogP contribution is -2.48. The van der Waals surface area contributed by atoms with Crippen LogP contribution in [0.1, 0.15) is 6.42 Å². The molecule has 92 valence electrons. The maximum Gasteiger partial charge on any atom is 0.326 e. The van der Waals surface area contributed by atoms with Crippen LogP contribution in [0.2, 0.25) is 0 Å². The number of rotatable bonds is 6. The molecule has 0 aromatic heterocycles. The second kappa shape index (κ2) is 6.62. The summed E-state index contributed by atoms with van der Waals surface area (Å²) in [6.07, 6.45) is -0.106. The first-order chi connectivity index (χ1) is 7.38. The fourth-order valence-corrected chi connectivity index (χ4v) is 0.951. The van der Waals surface area contributed by atoms with E-state index in [0.29, 0.717) is 0 Å². The Hall–Kier alpha value is -1.83. The molecule has 0 aliphatic rings. The van der Waals surface area contributed by atoms with Gasteiger partial charge < -0.3 is 26.2 Å². The van der Waals surface area contributed by atoms with Gasteiger partial charge in [0.2, 0.25) is 5.91 Å². The zero-order valence-electron chi connectivity index (χ0n) is 8.84. The van der Waals surface area contributed by atoms with E-state index in [4.69, 9.17) is 15.9 Å². The summed E-state index contributed by atoms with van der Waals surface area (Å²) in [4.78, 5) is 33.4. The van der Waals surface area contributed by atoms with Crippen LogP contribution in [0.4, 0.5) is 4.79 Å². The number of carbonyl (C=O) groups is 3. The molecule has 0 heterocycles. The van der Waals surface area contributed by atoms with Gasteiger partial charge in [0.1, 0.15) is 12.6 Å². The maximum absolute atomic E-state index is 11.3. The van der Waals surface area contributed by atoms with Crippen LogP contribution in [0.25, 0.3) is 0 Å². The van der Waals surface area contributed by atoms with Gasteiger partial charge in [-0.25, -0.2) is 9.59 Å². The van der Waals surface area contributed by atoms with Crippen molar-refractivity contribution in [3.8, 4) is 0 Å². The standard InChI is InChI=1S/C8H15N3O5/c1-11(4-6(9)13)8(16)10-5(2-3-12)7(14)15/h5,12H,2-4H2,1H3,(H2,9,13)(H,10,16)(H,14,15). The molecule has 0 radical (unpaired) electrons. The highest BCUT2D eigenvalue weighted by molar-refractivity contribution is 5.85. The lowest BCUT2D eigenvalue weighted by molar-refractivity contribution is -0.139. The van der Waals surface area contributed by atoms with Gasteiger partial charge in [-0.2, -0.15) is 0 Å². The van der Waals surface area contributed by atoms with E-state index in [2.05, 4.69) is 5.32 Å². The summed E-state index contributed by atoms with van der Waals surface area (Å²) in [5.74, 6) is -1.96. The Balaban J connectivity index is 4.28. The molecule has 1 atom stereocenters. The fraction of sp³-hybridized carbons (Fsp3) is 0.625. The minimum Gasteiger partial charge on any atom is -0.480 e. The van der Waals surface area contributed by atoms with E-state index in [1.807, 2.05) is 0 Å². The van der Waals surface area contributed by atoms with Crippen LogP contribution in [-0.4, -0.2) is 59.3 Å². The molecule has 0 rings (SSSR count). The fourth-order valence-electron chi connectivity index (χ4n) is 0.951. The van der Waals surface area contributed by atoms with E-state index < -0.39 is 23.9 Å². The van der Waals surface area contributed by atoms with Crippen LogP contribution in [0.3, 0.4) is 0 Å². The molecule has 16 heavy (non-hydrogen) atoms. The van der Waals surface area contributed by atoms with E-state index >= 15 is 0 Å². The average molecular weight is 233 g/mol. The van der Waals surface area contributed by atoms with E-state index in [0.717, 1.165) is 4.90 Å². The van der Waals surface area contributed by atoms with Gasteiger partial charge in [0.15, 0.2) is 0 Å². The van der Waals surface area contributed by atoms with Gasteiger partial charge in [-0.3, -0.25) is 4.79 Å². The number of primary amides is 1. The minimum atomic E-state index is -1.25. The molecular formula is C8H15N3O5. The van der Waals surface area contributed by atoms with Crippen LogP contribution in [-0.2, 0) is 9.59 Å². The molecule has 0 saturated carbocycles. The zero-order chi connectivity index (χ0) is 12.7. The Labute approximate surface area is 92.0 Å². The number of aliphatic hydroxyl groups excluding tert-OH is 1. The number of aliphatic hydroxyl groups is 1. The second-order valence-electron chi connectivity index (χ2n) is 3.17. The van der Waals surface area contributed by atoms with Crippen molar-refractivity contribution in [2.45, 2.75) is 12.5 Å². The number of urea groups is 1. The number of nitrogens with one attached hydrogen (secondary N) is 1. The highest BCUT2D eigenvalue weighted by Crippen LogP contribution is 1.93. The Morgan fingerprint density at radius 1 is 1.44 bits per heavy atom. The van der Waals surface area contributed by atoms with E-state index in [9.17, 15) is 14.4 Å². The molecule has 8 heteroatoms. The minimum absolute atomic E-state index is 0.106. The van der Waals surface area contributed by atoms with E-state index in [1.165, 1.54) is 7.05 Å². The normalized spacial score (nSPS) is 11.6. The smallest absolute Gasteiger partial charge is 0.326 e. The third-order valence-electron chi connectivity index (χ3n) is 1.75. The number of aliphatic carboxylic acids is 1. The van der Waals surface area contributed by atoms with Crippen LogP contribution < -0.4 is 11.1 Å². The van der Waals surface area contributed by atoms with Gasteiger partial charge in [0, 0.05) is 20.1 Å². The largest absolute Gasteiger partial charge is 0.480 e. The zero-order valence-corrected chi connectivity index (χ0v) is 8.84. The van der Waals surface area contributed by atoms with Gasteiger partial charge in [0.05, 0.1) is 0 Å². The Morgan fingerprint density at radius 3 is 2.38 bits per heavy atom. The van der Waals surface area contributed by atoms with Crippen molar-refractivity contribution in [1.82, 2.24) is 10.2 Å². The first kappa shape index (κ1) is 14.2. The molecule has 0 aliphatic carbocycles. The molecule has 1 unspecified atom stereocenters. The summed E-state index contributed by atoms with van der Waals surface area (Å²) < 4.78 is 0. The third kappa shape index (κ3) is 5.15. The second-order valence-corrected chi connectivity index (χ2v) is 3.17. The van der Waals surface area contributed by atoms with Crippen molar-refractivity contribution in [1.29, 1.82) is 0 Å². The van der Waals surface area contributed by atoms with Crippen LogP contribution in [0.5, 0.6) is 0 Å². The molecule has 8 nitrogen and oxygen atoms in total. The number of hydrogen-bond acceptors (Lipinski definition) is 4. The monoisotopic (exact) mass is 233 g/mol. The number of carbonyl (C=O) groups excluding carboxylic acids is 2. The highest BCUT2D eigenvalue weighted by Gasteiger charge is 2.21. The number of hydrogen-bond donors (Lipinski definition) is 4.